The van der Waals surface area contributed by atoms with Gasteiger partial charge in [-0.3, -0.25) is 9.20 Å². The van der Waals surface area contributed by atoms with Crippen LogP contribution in [-0.4, -0.2) is 25.4 Å². The molecule has 0 spiro atoms. The zero-order valence-corrected chi connectivity index (χ0v) is 12.9. The lowest BCUT2D eigenvalue weighted by molar-refractivity contribution is 0.0760. The molecule has 1 amide bonds. The molecule has 0 aliphatic carbocycles. The number of halogens is 2. The molecule has 0 fully saturated rings. The molecule has 0 saturated heterocycles. The minimum atomic E-state index is -0.326. The van der Waals surface area contributed by atoms with E-state index in [9.17, 15) is 9.18 Å². The maximum absolute atomic E-state index is 14.0. The molecule has 2 aromatic heterocycles. The maximum atomic E-state index is 14.0. The largest absolute Gasteiger partial charge is 0.329 e. The van der Waals surface area contributed by atoms with Crippen LogP contribution in [0.3, 0.4) is 0 Å². The van der Waals surface area contributed by atoms with Gasteiger partial charge in [0.1, 0.15) is 17.8 Å². The molecule has 22 heavy (non-hydrogen) atoms. The molecular formula is C15H10BrFN4O. The van der Waals surface area contributed by atoms with Gasteiger partial charge in [0.05, 0.1) is 0 Å². The topological polar surface area (TPSA) is 50.5 Å². The minimum Gasteiger partial charge on any atom is -0.329 e. The predicted octanol–water partition coefficient (Wildman–Crippen LogP) is 2.79. The standard InChI is InChI=1S/C15H10BrFN4O/c16-11-3-1-9(12(17)5-11)6-20-7-10-2-4-13-19-18-8-21(13)14(10)15(20)22/h1-5,8H,6-7H2. The van der Waals surface area contributed by atoms with Crippen molar-refractivity contribution in [2.24, 2.45) is 0 Å². The summed E-state index contributed by atoms with van der Waals surface area (Å²) < 4.78 is 16.3. The molecule has 0 N–H and O–H groups in total. The number of aromatic nitrogens is 3. The molecule has 0 saturated carbocycles. The second kappa shape index (κ2) is 4.88. The molecule has 0 unspecified atom stereocenters. The summed E-state index contributed by atoms with van der Waals surface area (Å²) in [6.07, 6.45) is 1.52. The third-order valence-corrected chi connectivity index (χ3v) is 4.27. The Balaban J connectivity index is 1.69. The smallest absolute Gasteiger partial charge is 0.271 e. The molecule has 0 bridgehead atoms. The predicted molar refractivity (Wildman–Crippen MR) is 80.7 cm³/mol. The molecular weight excluding hydrogens is 351 g/mol. The van der Waals surface area contributed by atoms with Crippen LogP contribution in [0.2, 0.25) is 0 Å². The molecule has 3 aromatic rings. The van der Waals surface area contributed by atoms with Gasteiger partial charge in [0.2, 0.25) is 0 Å². The van der Waals surface area contributed by atoms with Crippen LogP contribution in [0.4, 0.5) is 4.39 Å². The molecule has 1 aromatic carbocycles. The van der Waals surface area contributed by atoms with E-state index in [1.165, 1.54) is 12.4 Å². The zero-order chi connectivity index (χ0) is 15.3. The zero-order valence-electron chi connectivity index (χ0n) is 11.3. The molecule has 7 heteroatoms. The number of pyridine rings is 1. The van der Waals surface area contributed by atoms with Gasteiger partial charge in [0, 0.05) is 28.7 Å². The summed E-state index contributed by atoms with van der Waals surface area (Å²) in [5.74, 6) is -0.463. The van der Waals surface area contributed by atoms with E-state index in [0.29, 0.717) is 27.9 Å². The number of hydrogen-bond donors (Lipinski definition) is 0. The number of benzene rings is 1. The molecule has 3 heterocycles. The van der Waals surface area contributed by atoms with Crippen LogP contribution in [0.25, 0.3) is 5.65 Å². The van der Waals surface area contributed by atoms with E-state index in [0.717, 1.165) is 5.56 Å². The van der Waals surface area contributed by atoms with Crippen molar-refractivity contribution in [3.8, 4) is 0 Å². The van der Waals surface area contributed by atoms with Crippen molar-refractivity contribution in [3.05, 3.63) is 63.8 Å². The van der Waals surface area contributed by atoms with Crippen molar-refractivity contribution in [1.82, 2.24) is 19.5 Å². The van der Waals surface area contributed by atoms with Crippen LogP contribution in [0.15, 0.2) is 41.1 Å². The van der Waals surface area contributed by atoms with Gasteiger partial charge in [0.15, 0.2) is 5.65 Å². The van der Waals surface area contributed by atoms with Crippen LogP contribution in [0.5, 0.6) is 0 Å². The number of rotatable bonds is 2. The van der Waals surface area contributed by atoms with Gasteiger partial charge in [-0.1, -0.05) is 28.1 Å². The summed E-state index contributed by atoms with van der Waals surface area (Å²) in [6, 6.07) is 8.55. The Hall–Kier alpha value is -2.28. The third-order valence-electron chi connectivity index (χ3n) is 3.78. The van der Waals surface area contributed by atoms with Crippen molar-refractivity contribution >= 4 is 27.5 Å². The van der Waals surface area contributed by atoms with Gasteiger partial charge in [-0.15, -0.1) is 10.2 Å². The molecule has 0 radical (unpaired) electrons. The molecule has 5 nitrogen and oxygen atoms in total. The van der Waals surface area contributed by atoms with Gasteiger partial charge < -0.3 is 4.90 Å². The lowest BCUT2D eigenvalue weighted by Gasteiger charge is -2.16. The highest BCUT2D eigenvalue weighted by atomic mass is 79.9. The maximum Gasteiger partial charge on any atom is 0.271 e. The number of nitrogens with zero attached hydrogens (tertiary/aromatic N) is 4. The number of carbonyl (C=O) groups is 1. The molecule has 4 rings (SSSR count). The first-order valence-corrected chi connectivity index (χ1v) is 7.47. The van der Waals surface area contributed by atoms with Crippen molar-refractivity contribution in [1.29, 1.82) is 0 Å². The van der Waals surface area contributed by atoms with Gasteiger partial charge in [-0.25, -0.2) is 4.39 Å². The van der Waals surface area contributed by atoms with E-state index < -0.39 is 0 Å². The fourth-order valence-corrected chi connectivity index (χ4v) is 3.05. The van der Waals surface area contributed by atoms with Crippen molar-refractivity contribution in [2.75, 3.05) is 0 Å². The summed E-state index contributed by atoms with van der Waals surface area (Å²) in [7, 11) is 0. The molecule has 0 atom stereocenters. The van der Waals surface area contributed by atoms with Crippen LogP contribution >= 0.6 is 15.9 Å². The first-order chi connectivity index (χ1) is 10.6. The Morgan fingerprint density at radius 2 is 2.14 bits per heavy atom. The highest BCUT2D eigenvalue weighted by molar-refractivity contribution is 9.10. The van der Waals surface area contributed by atoms with E-state index in [1.54, 1.807) is 21.4 Å². The summed E-state index contributed by atoms with van der Waals surface area (Å²) in [6.45, 7) is 0.689. The Morgan fingerprint density at radius 1 is 1.27 bits per heavy atom. The van der Waals surface area contributed by atoms with E-state index in [-0.39, 0.29) is 18.3 Å². The summed E-state index contributed by atoms with van der Waals surface area (Å²) in [4.78, 5) is 14.2. The van der Waals surface area contributed by atoms with E-state index in [1.807, 2.05) is 12.1 Å². The van der Waals surface area contributed by atoms with Crippen LogP contribution in [0.1, 0.15) is 21.6 Å². The molecule has 1 aliphatic heterocycles. The normalized spacial score (nSPS) is 13.9. The fraction of sp³-hybridized carbons (Fsp3) is 0.133. The van der Waals surface area contributed by atoms with Crippen molar-refractivity contribution in [2.45, 2.75) is 13.1 Å². The van der Waals surface area contributed by atoms with Crippen LogP contribution in [0, 0.1) is 5.82 Å². The van der Waals surface area contributed by atoms with Crippen LogP contribution < -0.4 is 0 Å². The summed E-state index contributed by atoms with van der Waals surface area (Å²) in [5.41, 5.74) is 2.57. The fourth-order valence-electron chi connectivity index (χ4n) is 2.72. The van der Waals surface area contributed by atoms with E-state index in [4.69, 9.17) is 0 Å². The van der Waals surface area contributed by atoms with Gasteiger partial charge in [-0.05, 0) is 18.2 Å². The minimum absolute atomic E-state index is 0.136. The molecule has 1 aliphatic rings. The van der Waals surface area contributed by atoms with E-state index >= 15 is 0 Å². The average molecular weight is 361 g/mol. The first kappa shape index (κ1) is 13.4. The van der Waals surface area contributed by atoms with Gasteiger partial charge in [-0.2, -0.15) is 0 Å². The third kappa shape index (κ3) is 2.00. The Labute approximate surface area is 133 Å². The quantitative estimate of drug-likeness (QED) is 0.705. The second-order valence-electron chi connectivity index (χ2n) is 5.16. The summed E-state index contributed by atoms with van der Waals surface area (Å²) in [5, 5.41) is 7.76. The van der Waals surface area contributed by atoms with Gasteiger partial charge in [0.25, 0.3) is 5.91 Å². The molecule has 110 valence electrons. The van der Waals surface area contributed by atoms with Crippen molar-refractivity contribution in [3.63, 3.8) is 0 Å². The van der Waals surface area contributed by atoms with Crippen molar-refractivity contribution < 1.29 is 9.18 Å². The number of fused-ring (bicyclic) bond motifs is 3. The SMILES string of the molecule is O=C1c2c(ccc3nncn23)CN1Cc1ccc(Br)cc1F. The summed E-state index contributed by atoms with van der Waals surface area (Å²) >= 11 is 3.23. The lowest BCUT2D eigenvalue weighted by Crippen LogP contribution is -2.24. The highest BCUT2D eigenvalue weighted by Crippen LogP contribution is 2.26. The number of carbonyl (C=O) groups excluding carboxylic acids is 1. The number of hydrogen-bond acceptors (Lipinski definition) is 3. The average Bonchev–Trinajstić information content (AvgIpc) is 3.07. The Kier molecular flexibility index (Phi) is 2.97. The van der Waals surface area contributed by atoms with E-state index in [2.05, 4.69) is 26.1 Å². The number of amides is 1. The first-order valence-electron chi connectivity index (χ1n) is 6.68. The second-order valence-corrected chi connectivity index (χ2v) is 6.08. The monoisotopic (exact) mass is 360 g/mol. The lowest BCUT2D eigenvalue weighted by atomic mass is 10.2. The van der Waals surface area contributed by atoms with Crippen LogP contribution in [-0.2, 0) is 13.1 Å². The highest BCUT2D eigenvalue weighted by Gasteiger charge is 2.30. The Morgan fingerprint density at radius 3 is 2.95 bits per heavy atom. The Bertz CT molecular complexity index is 908. The van der Waals surface area contributed by atoms with Gasteiger partial charge >= 0.3 is 0 Å².